The van der Waals surface area contributed by atoms with E-state index in [0.29, 0.717) is 18.1 Å². The SMILES string of the molecule is CN1CC=C(N)N=C(/C=C\N)C1c1ccc(Br)cc1O. The average molecular weight is 337 g/mol. The lowest BCUT2D eigenvalue weighted by molar-refractivity contribution is 0.327. The predicted molar refractivity (Wildman–Crippen MR) is 84.2 cm³/mol. The number of hydrogen-bond donors (Lipinski definition) is 3. The molecule has 1 heterocycles. The minimum absolute atomic E-state index is 0.204. The molecule has 0 saturated heterocycles. The number of hydrogen-bond acceptors (Lipinski definition) is 5. The molecule has 20 heavy (non-hydrogen) atoms. The number of halogens is 1. The van der Waals surface area contributed by atoms with Crippen molar-refractivity contribution in [1.82, 2.24) is 4.90 Å². The molecule has 1 unspecified atom stereocenters. The molecule has 0 bridgehead atoms. The molecule has 5 N–H and O–H groups in total. The van der Waals surface area contributed by atoms with Gasteiger partial charge in [0.25, 0.3) is 0 Å². The van der Waals surface area contributed by atoms with Crippen LogP contribution in [0, 0.1) is 0 Å². The van der Waals surface area contributed by atoms with Gasteiger partial charge in [-0.25, -0.2) is 4.99 Å². The number of rotatable bonds is 2. The Labute approximate surface area is 126 Å². The van der Waals surface area contributed by atoms with Crippen LogP contribution in [0.2, 0.25) is 0 Å². The Morgan fingerprint density at radius 1 is 1.50 bits per heavy atom. The fraction of sp³-hybridized carbons (Fsp3) is 0.214. The van der Waals surface area contributed by atoms with Gasteiger partial charge in [-0.3, -0.25) is 4.90 Å². The largest absolute Gasteiger partial charge is 0.508 e. The van der Waals surface area contributed by atoms with Gasteiger partial charge in [0.1, 0.15) is 11.6 Å². The van der Waals surface area contributed by atoms with Gasteiger partial charge in [-0.2, -0.15) is 0 Å². The summed E-state index contributed by atoms with van der Waals surface area (Å²) in [4.78, 5) is 6.41. The Morgan fingerprint density at radius 2 is 2.25 bits per heavy atom. The molecule has 0 saturated carbocycles. The topological polar surface area (TPSA) is 87.9 Å². The zero-order valence-electron chi connectivity index (χ0n) is 11.1. The van der Waals surface area contributed by atoms with E-state index in [1.54, 1.807) is 12.1 Å². The number of aliphatic imine (C=N–C) groups is 1. The standard InChI is InChI=1S/C14H17BrN4O/c1-19-7-5-13(17)18-11(4-6-16)14(19)10-3-2-9(15)8-12(10)20/h2-6,8,14,20H,7,16-17H2,1H3/b6-4-. The Morgan fingerprint density at radius 3 is 2.90 bits per heavy atom. The van der Waals surface area contributed by atoms with E-state index < -0.39 is 0 Å². The molecule has 1 aliphatic heterocycles. The van der Waals surface area contributed by atoms with Gasteiger partial charge in [0.15, 0.2) is 0 Å². The van der Waals surface area contributed by atoms with Crippen molar-refractivity contribution in [2.45, 2.75) is 6.04 Å². The summed E-state index contributed by atoms with van der Waals surface area (Å²) in [6.07, 6.45) is 4.96. The van der Waals surface area contributed by atoms with Gasteiger partial charge < -0.3 is 16.6 Å². The molecule has 0 amide bonds. The van der Waals surface area contributed by atoms with Crippen molar-refractivity contribution in [3.8, 4) is 5.75 Å². The molecule has 1 aromatic rings. The molecule has 0 aliphatic carbocycles. The summed E-state index contributed by atoms with van der Waals surface area (Å²) >= 11 is 3.34. The van der Waals surface area contributed by atoms with Gasteiger partial charge in [0.05, 0.1) is 11.8 Å². The average Bonchev–Trinajstić information content (AvgIpc) is 2.51. The second kappa shape index (κ2) is 6.11. The van der Waals surface area contributed by atoms with E-state index in [1.807, 2.05) is 30.2 Å². The first-order chi connectivity index (χ1) is 9.52. The first-order valence-electron chi connectivity index (χ1n) is 6.14. The number of likely N-dealkylation sites (N-methyl/N-ethyl adjacent to an activating group) is 1. The first kappa shape index (κ1) is 14.6. The smallest absolute Gasteiger partial charge is 0.121 e. The lowest BCUT2D eigenvalue weighted by atomic mass is 9.99. The van der Waals surface area contributed by atoms with Gasteiger partial charge in [0.2, 0.25) is 0 Å². The maximum Gasteiger partial charge on any atom is 0.121 e. The second-order valence-electron chi connectivity index (χ2n) is 4.57. The molecular weight excluding hydrogens is 320 g/mol. The van der Waals surface area contributed by atoms with E-state index in [4.69, 9.17) is 11.5 Å². The lowest BCUT2D eigenvalue weighted by Crippen LogP contribution is -2.29. The summed E-state index contributed by atoms with van der Waals surface area (Å²) in [6.45, 7) is 0.636. The number of phenolic OH excluding ortho intramolecular Hbond substituents is 1. The van der Waals surface area contributed by atoms with Crippen LogP contribution < -0.4 is 11.5 Å². The molecule has 0 radical (unpaired) electrons. The summed E-state index contributed by atoms with van der Waals surface area (Å²) in [5.74, 6) is 0.652. The molecule has 106 valence electrons. The quantitative estimate of drug-likeness (QED) is 0.769. The van der Waals surface area contributed by atoms with E-state index in [1.165, 1.54) is 6.20 Å². The van der Waals surface area contributed by atoms with Crippen molar-refractivity contribution in [3.63, 3.8) is 0 Å². The van der Waals surface area contributed by atoms with Crippen LogP contribution in [0.5, 0.6) is 5.75 Å². The fourth-order valence-corrected chi connectivity index (χ4v) is 2.55. The summed E-state index contributed by atoms with van der Waals surface area (Å²) in [5, 5.41) is 10.2. The van der Waals surface area contributed by atoms with Gasteiger partial charge in [-0.1, -0.05) is 22.0 Å². The van der Waals surface area contributed by atoms with Gasteiger partial charge in [0, 0.05) is 16.6 Å². The number of aromatic hydroxyl groups is 1. The molecule has 1 atom stereocenters. The van der Waals surface area contributed by atoms with Crippen LogP contribution >= 0.6 is 15.9 Å². The Balaban J connectivity index is 2.52. The van der Waals surface area contributed by atoms with Gasteiger partial charge in [-0.05, 0) is 37.5 Å². The Kier molecular flexibility index (Phi) is 4.46. The summed E-state index contributed by atoms with van der Waals surface area (Å²) in [5.41, 5.74) is 12.8. The van der Waals surface area contributed by atoms with Crippen LogP contribution in [-0.2, 0) is 0 Å². The van der Waals surface area contributed by atoms with Crippen molar-refractivity contribution in [1.29, 1.82) is 0 Å². The van der Waals surface area contributed by atoms with Crippen LogP contribution in [0.15, 0.2) is 51.8 Å². The zero-order valence-corrected chi connectivity index (χ0v) is 12.7. The molecule has 6 heteroatoms. The monoisotopic (exact) mass is 336 g/mol. The van der Waals surface area contributed by atoms with Gasteiger partial charge in [-0.15, -0.1) is 0 Å². The fourth-order valence-electron chi connectivity index (χ4n) is 2.20. The van der Waals surface area contributed by atoms with Crippen molar-refractivity contribution in [3.05, 3.63) is 52.4 Å². The third-order valence-corrected chi connectivity index (χ3v) is 3.61. The Bertz CT molecular complexity index is 595. The lowest BCUT2D eigenvalue weighted by Gasteiger charge is -2.27. The molecule has 1 aromatic carbocycles. The highest BCUT2D eigenvalue weighted by Crippen LogP contribution is 2.33. The van der Waals surface area contributed by atoms with Crippen LogP contribution in [-0.4, -0.2) is 29.3 Å². The van der Waals surface area contributed by atoms with Crippen LogP contribution in [0.1, 0.15) is 11.6 Å². The van der Waals surface area contributed by atoms with Crippen molar-refractivity contribution < 1.29 is 5.11 Å². The van der Waals surface area contributed by atoms with Crippen LogP contribution in [0.25, 0.3) is 0 Å². The minimum Gasteiger partial charge on any atom is -0.508 e. The molecule has 0 spiro atoms. The van der Waals surface area contributed by atoms with Crippen LogP contribution in [0.3, 0.4) is 0 Å². The highest BCUT2D eigenvalue weighted by atomic mass is 79.9. The van der Waals surface area contributed by atoms with Crippen molar-refractivity contribution in [2.75, 3.05) is 13.6 Å². The zero-order chi connectivity index (χ0) is 14.7. The first-order valence-corrected chi connectivity index (χ1v) is 6.93. The van der Waals surface area contributed by atoms with E-state index in [9.17, 15) is 5.11 Å². The Hall–Kier alpha value is -1.79. The van der Waals surface area contributed by atoms with Crippen molar-refractivity contribution >= 4 is 21.6 Å². The molecule has 0 fully saturated rings. The summed E-state index contributed by atoms with van der Waals surface area (Å²) in [6, 6.07) is 5.20. The molecule has 5 nitrogen and oxygen atoms in total. The third kappa shape index (κ3) is 3.02. The third-order valence-electron chi connectivity index (χ3n) is 3.12. The number of nitrogens with zero attached hydrogens (tertiary/aromatic N) is 2. The highest BCUT2D eigenvalue weighted by Gasteiger charge is 2.25. The molecule has 0 aromatic heterocycles. The molecular formula is C14H17BrN4O. The highest BCUT2D eigenvalue weighted by molar-refractivity contribution is 9.10. The van der Waals surface area contributed by atoms with Crippen molar-refractivity contribution in [2.24, 2.45) is 16.5 Å². The van der Waals surface area contributed by atoms with Gasteiger partial charge >= 0.3 is 0 Å². The maximum absolute atomic E-state index is 10.2. The van der Waals surface area contributed by atoms with E-state index in [0.717, 1.165) is 10.0 Å². The van der Waals surface area contributed by atoms with Crippen LogP contribution in [0.4, 0.5) is 0 Å². The van der Waals surface area contributed by atoms with E-state index >= 15 is 0 Å². The number of phenols is 1. The number of nitrogens with two attached hydrogens (primary N) is 2. The minimum atomic E-state index is -0.208. The van der Waals surface area contributed by atoms with E-state index in [-0.39, 0.29) is 11.8 Å². The predicted octanol–water partition coefficient (Wildman–Crippen LogP) is 1.85. The summed E-state index contributed by atoms with van der Waals surface area (Å²) in [7, 11) is 1.95. The normalized spacial score (nSPS) is 20.6. The number of benzene rings is 1. The second-order valence-corrected chi connectivity index (χ2v) is 5.49. The maximum atomic E-state index is 10.2. The van der Waals surface area contributed by atoms with E-state index in [2.05, 4.69) is 20.9 Å². The molecule has 1 aliphatic rings. The molecule has 2 rings (SSSR count). The summed E-state index contributed by atoms with van der Waals surface area (Å²) < 4.78 is 0.820.